The van der Waals surface area contributed by atoms with E-state index in [2.05, 4.69) is 26.6 Å². The quantitative estimate of drug-likeness (QED) is 0.871. The van der Waals surface area contributed by atoms with E-state index < -0.39 is 0 Å². The van der Waals surface area contributed by atoms with Crippen molar-refractivity contribution in [2.24, 2.45) is 0 Å². The van der Waals surface area contributed by atoms with Crippen LogP contribution < -0.4 is 10.6 Å². The highest BCUT2D eigenvalue weighted by Gasteiger charge is 2.26. The van der Waals surface area contributed by atoms with Crippen LogP contribution in [0.4, 0.5) is 11.4 Å². The van der Waals surface area contributed by atoms with Gasteiger partial charge < -0.3 is 10.6 Å². The number of benzene rings is 2. The first-order valence-electron chi connectivity index (χ1n) is 6.56. The molecule has 2 aromatic rings. The minimum atomic E-state index is -0.190. The van der Waals surface area contributed by atoms with Crippen molar-refractivity contribution in [1.29, 1.82) is 0 Å². The molecule has 0 spiro atoms. The highest BCUT2D eigenvalue weighted by molar-refractivity contribution is 9.10. The summed E-state index contributed by atoms with van der Waals surface area (Å²) in [6.45, 7) is 1.85. The fourth-order valence-corrected chi connectivity index (χ4v) is 2.56. The molecular formula is C16H13BrN2O2. The molecule has 1 aliphatic rings. The van der Waals surface area contributed by atoms with Crippen LogP contribution in [-0.2, 0) is 4.79 Å². The Hall–Kier alpha value is -2.14. The van der Waals surface area contributed by atoms with Gasteiger partial charge in [-0.1, -0.05) is 15.9 Å². The first kappa shape index (κ1) is 13.8. The van der Waals surface area contributed by atoms with Crippen LogP contribution in [0.15, 0.2) is 46.9 Å². The Morgan fingerprint density at radius 3 is 2.62 bits per heavy atom. The van der Waals surface area contributed by atoms with Crippen molar-refractivity contribution in [3.63, 3.8) is 0 Å². The van der Waals surface area contributed by atoms with E-state index >= 15 is 0 Å². The lowest BCUT2D eigenvalue weighted by molar-refractivity contribution is -0.116. The van der Waals surface area contributed by atoms with E-state index in [9.17, 15) is 9.59 Å². The van der Waals surface area contributed by atoms with Gasteiger partial charge in [0.25, 0.3) is 5.91 Å². The van der Waals surface area contributed by atoms with E-state index in [-0.39, 0.29) is 17.7 Å². The predicted molar refractivity (Wildman–Crippen MR) is 85.6 cm³/mol. The summed E-state index contributed by atoms with van der Waals surface area (Å²) in [6, 6.07) is 12.6. The summed E-state index contributed by atoms with van der Waals surface area (Å²) in [7, 11) is 0. The molecular weight excluding hydrogens is 332 g/mol. The first-order chi connectivity index (χ1) is 10.0. The van der Waals surface area contributed by atoms with Crippen molar-refractivity contribution in [1.82, 2.24) is 0 Å². The van der Waals surface area contributed by atoms with Gasteiger partial charge in [0, 0.05) is 21.4 Å². The van der Waals surface area contributed by atoms with Gasteiger partial charge in [-0.2, -0.15) is 0 Å². The van der Waals surface area contributed by atoms with Gasteiger partial charge in [-0.3, -0.25) is 9.59 Å². The van der Waals surface area contributed by atoms with Crippen LogP contribution in [0.3, 0.4) is 0 Å². The minimum absolute atomic E-state index is 0.0126. The maximum absolute atomic E-state index is 12.2. The second-order valence-corrected chi connectivity index (χ2v) is 5.89. The summed E-state index contributed by atoms with van der Waals surface area (Å²) in [4.78, 5) is 23.8. The zero-order valence-electron chi connectivity index (χ0n) is 11.3. The first-order valence-corrected chi connectivity index (χ1v) is 7.35. The Balaban J connectivity index is 1.81. The molecule has 5 heteroatoms. The summed E-state index contributed by atoms with van der Waals surface area (Å²) < 4.78 is 0.926. The maximum Gasteiger partial charge on any atom is 0.255 e. The lowest BCUT2D eigenvalue weighted by atomic mass is 10.0. The molecule has 1 heterocycles. The maximum atomic E-state index is 12.2. The van der Waals surface area contributed by atoms with E-state index in [4.69, 9.17) is 0 Å². The summed E-state index contributed by atoms with van der Waals surface area (Å²) in [5.41, 5.74) is 2.99. The molecule has 1 atom stereocenters. The number of carbonyl (C=O) groups excluding carboxylic acids is 2. The zero-order chi connectivity index (χ0) is 15.0. The SMILES string of the molecule is CC1C(=O)Nc2ccc(NC(=O)c3ccc(Br)cc3)cc21. The Morgan fingerprint density at radius 1 is 1.19 bits per heavy atom. The number of fused-ring (bicyclic) bond motifs is 1. The second kappa shape index (κ2) is 5.33. The standard InChI is InChI=1S/C16H13BrN2O2/c1-9-13-8-12(6-7-14(13)19-15(9)20)18-16(21)10-2-4-11(17)5-3-10/h2-9H,1H3,(H,18,21)(H,19,20). The molecule has 4 nitrogen and oxygen atoms in total. The summed E-state index contributed by atoms with van der Waals surface area (Å²) in [6.07, 6.45) is 0. The molecule has 0 aromatic heterocycles. The van der Waals surface area contributed by atoms with Crippen LogP contribution in [0.5, 0.6) is 0 Å². The number of hydrogen-bond acceptors (Lipinski definition) is 2. The van der Waals surface area contributed by atoms with Crippen molar-refractivity contribution in [2.75, 3.05) is 10.6 Å². The molecule has 106 valence electrons. The van der Waals surface area contributed by atoms with Crippen LogP contribution in [0, 0.1) is 0 Å². The highest BCUT2D eigenvalue weighted by Crippen LogP contribution is 2.34. The Morgan fingerprint density at radius 2 is 1.90 bits per heavy atom. The smallest absolute Gasteiger partial charge is 0.255 e. The van der Waals surface area contributed by atoms with Gasteiger partial charge in [-0.05, 0) is 55.0 Å². The molecule has 1 unspecified atom stereocenters. The van der Waals surface area contributed by atoms with Crippen molar-refractivity contribution < 1.29 is 9.59 Å². The average Bonchev–Trinajstić information content (AvgIpc) is 2.75. The number of anilines is 2. The van der Waals surface area contributed by atoms with Crippen molar-refractivity contribution in [3.05, 3.63) is 58.1 Å². The number of rotatable bonds is 2. The zero-order valence-corrected chi connectivity index (χ0v) is 12.9. The van der Waals surface area contributed by atoms with Gasteiger partial charge in [0.05, 0.1) is 5.92 Å². The molecule has 2 amide bonds. The predicted octanol–water partition coefficient (Wildman–Crippen LogP) is 3.76. The third kappa shape index (κ3) is 2.69. The molecule has 1 aliphatic heterocycles. The fourth-order valence-electron chi connectivity index (χ4n) is 2.30. The number of hydrogen-bond donors (Lipinski definition) is 2. The van der Waals surface area contributed by atoms with Gasteiger partial charge in [-0.25, -0.2) is 0 Å². The van der Waals surface area contributed by atoms with E-state index in [0.29, 0.717) is 11.3 Å². The van der Waals surface area contributed by atoms with E-state index in [1.54, 1.807) is 18.2 Å². The van der Waals surface area contributed by atoms with Gasteiger partial charge in [0.1, 0.15) is 0 Å². The molecule has 0 fully saturated rings. The second-order valence-electron chi connectivity index (χ2n) is 4.97. The number of carbonyl (C=O) groups is 2. The van der Waals surface area contributed by atoms with Gasteiger partial charge in [0.15, 0.2) is 0 Å². The molecule has 0 radical (unpaired) electrons. The molecule has 2 N–H and O–H groups in total. The third-order valence-corrected chi connectivity index (χ3v) is 4.06. The van der Waals surface area contributed by atoms with Gasteiger partial charge in [-0.15, -0.1) is 0 Å². The van der Waals surface area contributed by atoms with Crippen LogP contribution >= 0.6 is 15.9 Å². The third-order valence-electron chi connectivity index (χ3n) is 3.53. The topological polar surface area (TPSA) is 58.2 Å². The molecule has 0 aliphatic carbocycles. The summed E-state index contributed by atoms with van der Waals surface area (Å²) in [5.74, 6) is -0.377. The lowest BCUT2D eigenvalue weighted by Gasteiger charge is -2.08. The fraction of sp³-hybridized carbons (Fsp3) is 0.125. The van der Waals surface area contributed by atoms with Crippen molar-refractivity contribution in [3.8, 4) is 0 Å². The minimum Gasteiger partial charge on any atom is -0.325 e. The molecule has 21 heavy (non-hydrogen) atoms. The largest absolute Gasteiger partial charge is 0.325 e. The average molecular weight is 345 g/mol. The van der Waals surface area contributed by atoms with Gasteiger partial charge in [0.2, 0.25) is 5.91 Å². The normalized spacial score (nSPS) is 16.3. The molecule has 0 saturated heterocycles. The number of nitrogens with one attached hydrogen (secondary N) is 2. The van der Waals surface area contributed by atoms with Crippen LogP contribution in [0.1, 0.15) is 28.8 Å². The van der Waals surface area contributed by atoms with Gasteiger partial charge >= 0.3 is 0 Å². The van der Waals surface area contributed by atoms with E-state index in [1.807, 2.05) is 31.2 Å². The molecule has 2 aromatic carbocycles. The molecule has 3 rings (SSSR count). The van der Waals surface area contributed by atoms with Crippen molar-refractivity contribution in [2.45, 2.75) is 12.8 Å². The van der Waals surface area contributed by atoms with E-state index in [1.165, 1.54) is 0 Å². The number of amides is 2. The monoisotopic (exact) mass is 344 g/mol. The van der Waals surface area contributed by atoms with Crippen LogP contribution in [0.25, 0.3) is 0 Å². The Labute approximate surface area is 130 Å². The number of halogens is 1. The lowest BCUT2D eigenvalue weighted by Crippen LogP contribution is -2.11. The summed E-state index contributed by atoms with van der Waals surface area (Å²) >= 11 is 3.34. The van der Waals surface area contributed by atoms with Crippen molar-refractivity contribution >= 4 is 39.1 Å². The van der Waals surface area contributed by atoms with E-state index in [0.717, 1.165) is 15.7 Å². The Kier molecular flexibility index (Phi) is 3.51. The molecule has 0 saturated carbocycles. The highest BCUT2D eigenvalue weighted by atomic mass is 79.9. The molecule has 0 bridgehead atoms. The summed E-state index contributed by atoms with van der Waals surface area (Å²) in [5, 5.41) is 5.66. The van der Waals surface area contributed by atoms with Crippen LogP contribution in [-0.4, -0.2) is 11.8 Å². The Bertz CT molecular complexity index is 726. The van der Waals surface area contributed by atoms with Crippen LogP contribution in [0.2, 0.25) is 0 Å².